The third-order valence-corrected chi connectivity index (χ3v) is 5.06. The molecule has 1 aliphatic rings. The van der Waals surface area contributed by atoms with Crippen molar-refractivity contribution in [1.29, 1.82) is 0 Å². The summed E-state index contributed by atoms with van der Waals surface area (Å²) in [4.78, 5) is 4.35. The van der Waals surface area contributed by atoms with Gasteiger partial charge < -0.3 is 5.32 Å². The highest BCUT2D eigenvalue weighted by Gasteiger charge is 2.25. The molecule has 2 unspecified atom stereocenters. The predicted molar refractivity (Wildman–Crippen MR) is 85.3 cm³/mol. The van der Waals surface area contributed by atoms with E-state index in [0.717, 1.165) is 13.0 Å². The van der Waals surface area contributed by atoms with E-state index in [1.54, 1.807) is 11.3 Å². The van der Waals surface area contributed by atoms with Gasteiger partial charge in [-0.2, -0.15) is 0 Å². The van der Waals surface area contributed by atoms with Gasteiger partial charge in [0.05, 0.1) is 5.01 Å². The predicted octanol–water partition coefficient (Wildman–Crippen LogP) is 4.00. The number of thiazole rings is 1. The van der Waals surface area contributed by atoms with Crippen LogP contribution in [0.1, 0.15) is 42.2 Å². The molecular formula is C17H22N2S. The van der Waals surface area contributed by atoms with Crippen molar-refractivity contribution in [2.45, 2.75) is 44.1 Å². The Labute approximate surface area is 125 Å². The standard InChI is InChI=1S/C17H22N2S/c1-2-6-14(7-3-1)15-8-4-5-9-16(15)18-11-10-17-19-12-13-20-17/h1-3,6-7,12-13,15-16,18H,4-5,8-11H2. The first-order valence-corrected chi connectivity index (χ1v) is 8.48. The third-order valence-electron chi connectivity index (χ3n) is 4.22. The molecule has 0 saturated heterocycles. The van der Waals surface area contributed by atoms with Crippen LogP contribution in [0.3, 0.4) is 0 Å². The topological polar surface area (TPSA) is 24.9 Å². The van der Waals surface area contributed by atoms with Crippen LogP contribution in [0.4, 0.5) is 0 Å². The maximum Gasteiger partial charge on any atom is 0.0937 e. The Kier molecular flexibility index (Phi) is 4.82. The average Bonchev–Trinajstić information content (AvgIpc) is 3.02. The maximum atomic E-state index is 4.35. The molecule has 2 nitrogen and oxygen atoms in total. The van der Waals surface area contributed by atoms with E-state index in [2.05, 4.69) is 46.0 Å². The van der Waals surface area contributed by atoms with Crippen LogP contribution >= 0.6 is 11.3 Å². The second-order valence-corrected chi connectivity index (χ2v) is 6.52. The molecule has 20 heavy (non-hydrogen) atoms. The van der Waals surface area contributed by atoms with Gasteiger partial charge in [0.25, 0.3) is 0 Å². The van der Waals surface area contributed by atoms with Crippen molar-refractivity contribution >= 4 is 11.3 Å². The van der Waals surface area contributed by atoms with E-state index in [1.807, 2.05) is 6.20 Å². The first kappa shape index (κ1) is 13.8. The van der Waals surface area contributed by atoms with Crippen molar-refractivity contribution in [3.8, 4) is 0 Å². The number of nitrogens with one attached hydrogen (secondary N) is 1. The molecule has 1 N–H and O–H groups in total. The molecule has 0 bridgehead atoms. The summed E-state index contributed by atoms with van der Waals surface area (Å²) in [6.45, 7) is 1.04. The van der Waals surface area contributed by atoms with Gasteiger partial charge in [0.1, 0.15) is 0 Å². The van der Waals surface area contributed by atoms with Gasteiger partial charge in [0, 0.05) is 30.6 Å². The highest BCUT2D eigenvalue weighted by molar-refractivity contribution is 7.09. The number of aromatic nitrogens is 1. The smallest absolute Gasteiger partial charge is 0.0937 e. The molecule has 3 heteroatoms. The Morgan fingerprint density at radius 3 is 2.80 bits per heavy atom. The molecule has 1 aromatic carbocycles. The lowest BCUT2D eigenvalue weighted by Gasteiger charge is -2.32. The summed E-state index contributed by atoms with van der Waals surface area (Å²) in [5.74, 6) is 0.682. The molecule has 0 aliphatic heterocycles. The number of benzene rings is 1. The van der Waals surface area contributed by atoms with Crippen molar-refractivity contribution in [1.82, 2.24) is 10.3 Å². The molecule has 1 aliphatic carbocycles. The lowest BCUT2D eigenvalue weighted by atomic mass is 9.80. The number of hydrogen-bond donors (Lipinski definition) is 1. The zero-order chi connectivity index (χ0) is 13.6. The molecule has 1 heterocycles. The molecule has 2 atom stereocenters. The van der Waals surface area contributed by atoms with E-state index < -0.39 is 0 Å². The SMILES string of the molecule is c1ccc(C2CCCCC2NCCc2nccs2)cc1. The van der Waals surface area contributed by atoms with Crippen molar-refractivity contribution in [3.05, 3.63) is 52.5 Å². The van der Waals surface area contributed by atoms with E-state index in [0.29, 0.717) is 12.0 Å². The van der Waals surface area contributed by atoms with Gasteiger partial charge in [-0.3, -0.25) is 0 Å². The summed E-state index contributed by atoms with van der Waals surface area (Å²) in [5, 5.41) is 7.07. The van der Waals surface area contributed by atoms with E-state index in [-0.39, 0.29) is 0 Å². The quantitative estimate of drug-likeness (QED) is 0.898. The lowest BCUT2D eigenvalue weighted by Crippen LogP contribution is -2.38. The Bertz CT molecular complexity index is 495. The summed E-state index contributed by atoms with van der Waals surface area (Å²) >= 11 is 1.76. The number of hydrogen-bond acceptors (Lipinski definition) is 3. The first-order chi connectivity index (χ1) is 9.93. The lowest BCUT2D eigenvalue weighted by molar-refractivity contribution is 0.329. The summed E-state index contributed by atoms with van der Waals surface area (Å²) in [5.41, 5.74) is 1.50. The fourth-order valence-electron chi connectivity index (χ4n) is 3.22. The molecule has 1 fully saturated rings. The first-order valence-electron chi connectivity index (χ1n) is 7.60. The van der Waals surface area contributed by atoms with Crippen LogP contribution in [0.5, 0.6) is 0 Å². The fourth-order valence-corrected chi connectivity index (χ4v) is 3.84. The van der Waals surface area contributed by atoms with E-state index in [1.165, 1.54) is 36.3 Å². The minimum absolute atomic E-state index is 0.631. The minimum Gasteiger partial charge on any atom is -0.313 e. The van der Waals surface area contributed by atoms with Crippen LogP contribution in [0.15, 0.2) is 41.9 Å². The molecule has 0 radical (unpaired) electrons. The zero-order valence-corrected chi connectivity index (χ0v) is 12.6. The molecule has 0 spiro atoms. The van der Waals surface area contributed by atoms with Gasteiger partial charge in [0.2, 0.25) is 0 Å². The van der Waals surface area contributed by atoms with Crippen LogP contribution in [-0.2, 0) is 6.42 Å². The Morgan fingerprint density at radius 2 is 2.00 bits per heavy atom. The van der Waals surface area contributed by atoms with Gasteiger partial charge >= 0.3 is 0 Å². The van der Waals surface area contributed by atoms with Crippen molar-refractivity contribution in [2.24, 2.45) is 0 Å². The molecule has 1 saturated carbocycles. The Hall–Kier alpha value is -1.19. The van der Waals surface area contributed by atoms with Crippen molar-refractivity contribution < 1.29 is 0 Å². The summed E-state index contributed by atoms with van der Waals surface area (Å²) < 4.78 is 0. The molecule has 2 aromatic rings. The third kappa shape index (κ3) is 3.47. The zero-order valence-electron chi connectivity index (χ0n) is 11.8. The van der Waals surface area contributed by atoms with E-state index in [4.69, 9.17) is 0 Å². The van der Waals surface area contributed by atoms with Crippen LogP contribution < -0.4 is 5.32 Å². The van der Waals surface area contributed by atoms with E-state index in [9.17, 15) is 0 Å². The van der Waals surface area contributed by atoms with Crippen LogP contribution in [0, 0.1) is 0 Å². The van der Waals surface area contributed by atoms with Crippen molar-refractivity contribution in [3.63, 3.8) is 0 Å². The van der Waals surface area contributed by atoms with Crippen LogP contribution in [-0.4, -0.2) is 17.6 Å². The second-order valence-electron chi connectivity index (χ2n) is 5.54. The fraction of sp³-hybridized carbons (Fsp3) is 0.471. The summed E-state index contributed by atoms with van der Waals surface area (Å²) in [6, 6.07) is 11.6. The van der Waals surface area contributed by atoms with Crippen LogP contribution in [0.25, 0.3) is 0 Å². The van der Waals surface area contributed by atoms with Crippen LogP contribution in [0.2, 0.25) is 0 Å². The molecule has 1 aromatic heterocycles. The number of rotatable bonds is 5. The van der Waals surface area contributed by atoms with E-state index >= 15 is 0 Å². The van der Waals surface area contributed by atoms with Gasteiger partial charge in [-0.1, -0.05) is 43.2 Å². The molecule has 106 valence electrons. The molecular weight excluding hydrogens is 264 g/mol. The monoisotopic (exact) mass is 286 g/mol. The molecule has 3 rings (SSSR count). The Morgan fingerprint density at radius 1 is 1.15 bits per heavy atom. The normalized spacial score (nSPS) is 22.8. The number of nitrogens with zero attached hydrogens (tertiary/aromatic N) is 1. The minimum atomic E-state index is 0.631. The van der Waals surface area contributed by atoms with Gasteiger partial charge in [-0.15, -0.1) is 11.3 Å². The second kappa shape index (κ2) is 7.00. The summed E-state index contributed by atoms with van der Waals surface area (Å²) in [6.07, 6.45) is 8.29. The summed E-state index contributed by atoms with van der Waals surface area (Å²) in [7, 11) is 0. The maximum absolute atomic E-state index is 4.35. The molecule has 0 amide bonds. The highest BCUT2D eigenvalue weighted by Crippen LogP contribution is 2.32. The van der Waals surface area contributed by atoms with Crippen molar-refractivity contribution in [2.75, 3.05) is 6.54 Å². The highest BCUT2D eigenvalue weighted by atomic mass is 32.1. The van der Waals surface area contributed by atoms with Gasteiger partial charge in [-0.05, 0) is 24.3 Å². The van der Waals surface area contributed by atoms with Gasteiger partial charge in [0.15, 0.2) is 0 Å². The Balaban J connectivity index is 1.58. The average molecular weight is 286 g/mol. The van der Waals surface area contributed by atoms with Gasteiger partial charge in [-0.25, -0.2) is 4.98 Å². The largest absolute Gasteiger partial charge is 0.313 e.